The molecule has 1 heteroatoms. The van der Waals surface area contributed by atoms with E-state index in [0.29, 0.717) is 0 Å². The Kier molecular flexibility index (Phi) is 3.86. The van der Waals surface area contributed by atoms with E-state index in [-0.39, 0.29) is 0 Å². The fraction of sp³-hybridized carbons (Fsp3) is 1.00. The minimum atomic E-state index is 1.02. The predicted molar refractivity (Wildman–Crippen MR) is 60.5 cm³/mol. The molecule has 0 aromatic rings. The summed E-state index contributed by atoms with van der Waals surface area (Å²) >= 11 is 0. The molecule has 0 bridgehead atoms. The van der Waals surface area contributed by atoms with E-state index in [9.17, 15) is 0 Å². The third kappa shape index (κ3) is 2.98. The third-order valence-electron chi connectivity index (χ3n) is 4.27. The van der Waals surface area contributed by atoms with E-state index in [0.717, 1.165) is 11.8 Å². The molecule has 1 saturated heterocycles. The van der Waals surface area contributed by atoms with Crippen LogP contribution >= 0.6 is 0 Å². The largest absolute Gasteiger partial charge is 0.335 e. The van der Waals surface area contributed by atoms with E-state index in [1.165, 1.54) is 64.6 Å². The van der Waals surface area contributed by atoms with Gasteiger partial charge in [-0.2, -0.15) is 0 Å². The van der Waals surface area contributed by atoms with Crippen molar-refractivity contribution in [3.05, 3.63) is 0 Å². The molecule has 0 aromatic carbocycles. The first-order valence-corrected chi connectivity index (χ1v) is 6.68. The average Bonchev–Trinajstić information content (AvgIpc) is 2.23. The highest BCUT2D eigenvalue weighted by molar-refractivity contribution is 4.69. The number of nitrogens with one attached hydrogen (secondary N) is 1. The smallest absolute Gasteiger partial charge is 0.0799 e. The van der Waals surface area contributed by atoms with Crippen LogP contribution in [0.2, 0.25) is 0 Å². The van der Waals surface area contributed by atoms with Gasteiger partial charge in [0, 0.05) is 5.92 Å². The van der Waals surface area contributed by atoms with Gasteiger partial charge in [-0.1, -0.05) is 19.8 Å². The summed E-state index contributed by atoms with van der Waals surface area (Å²) in [6.07, 6.45) is 10.5. The summed E-state index contributed by atoms with van der Waals surface area (Å²) in [6.45, 7) is 6.84. The lowest BCUT2D eigenvalue weighted by atomic mass is 9.82. The molecule has 0 amide bonds. The SMILES string of the molecule is CC1CCC(C[NH+]2CCCCC2)CC1. The van der Waals surface area contributed by atoms with Gasteiger partial charge in [-0.15, -0.1) is 0 Å². The molecule has 1 aliphatic heterocycles. The Morgan fingerprint density at radius 1 is 0.929 bits per heavy atom. The van der Waals surface area contributed by atoms with Crippen molar-refractivity contribution in [3.63, 3.8) is 0 Å². The highest BCUT2D eigenvalue weighted by Gasteiger charge is 2.23. The number of hydrogen-bond acceptors (Lipinski definition) is 0. The number of hydrogen-bond donors (Lipinski definition) is 1. The third-order valence-corrected chi connectivity index (χ3v) is 4.27. The summed E-state index contributed by atoms with van der Waals surface area (Å²) in [5.41, 5.74) is 0. The molecule has 0 atom stereocenters. The van der Waals surface area contributed by atoms with Crippen LogP contribution in [0.4, 0.5) is 0 Å². The minimum absolute atomic E-state index is 1.02. The number of quaternary nitrogens is 1. The Balaban J connectivity index is 1.68. The molecule has 0 unspecified atom stereocenters. The number of piperidine rings is 1. The van der Waals surface area contributed by atoms with Crippen molar-refractivity contribution in [1.82, 2.24) is 0 Å². The van der Waals surface area contributed by atoms with Gasteiger partial charge in [-0.25, -0.2) is 0 Å². The maximum atomic E-state index is 2.42. The maximum Gasteiger partial charge on any atom is 0.0799 e. The molecule has 2 fully saturated rings. The first-order chi connectivity index (χ1) is 6.84. The van der Waals surface area contributed by atoms with Crippen LogP contribution in [0.25, 0.3) is 0 Å². The van der Waals surface area contributed by atoms with Gasteiger partial charge >= 0.3 is 0 Å². The summed E-state index contributed by atoms with van der Waals surface area (Å²) in [5.74, 6) is 2.09. The fourth-order valence-electron chi connectivity index (χ4n) is 3.20. The molecule has 0 spiro atoms. The second-order valence-electron chi connectivity index (χ2n) is 5.64. The number of rotatable bonds is 2. The molecule has 1 N–H and O–H groups in total. The molecule has 1 heterocycles. The highest BCUT2D eigenvalue weighted by atomic mass is 15.1. The van der Waals surface area contributed by atoms with E-state index in [1.54, 1.807) is 0 Å². The van der Waals surface area contributed by atoms with Crippen molar-refractivity contribution in [2.45, 2.75) is 51.9 Å². The van der Waals surface area contributed by atoms with Crippen molar-refractivity contribution < 1.29 is 4.90 Å². The standard InChI is InChI=1S/C13H25N/c1-12-5-7-13(8-6-12)11-14-9-3-2-4-10-14/h12-13H,2-11H2,1H3/p+1. The second kappa shape index (κ2) is 5.16. The van der Waals surface area contributed by atoms with Crippen LogP contribution < -0.4 is 4.90 Å². The lowest BCUT2D eigenvalue weighted by molar-refractivity contribution is -0.908. The first kappa shape index (κ1) is 10.5. The van der Waals surface area contributed by atoms with Gasteiger partial charge in [-0.3, -0.25) is 0 Å². The molecule has 82 valence electrons. The topological polar surface area (TPSA) is 4.44 Å². The van der Waals surface area contributed by atoms with Crippen molar-refractivity contribution >= 4 is 0 Å². The van der Waals surface area contributed by atoms with Crippen LogP contribution in [0.15, 0.2) is 0 Å². The Labute approximate surface area is 88.9 Å². The zero-order chi connectivity index (χ0) is 9.80. The van der Waals surface area contributed by atoms with Crippen molar-refractivity contribution in [1.29, 1.82) is 0 Å². The van der Waals surface area contributed by atoms with Crippen LogP contribution in [0.5, 0.6) is 0 Å². The summed E-state index contributed by atoms with van der Waals surface area (Å²) in [6, 6.07) is 0. The molecule has 14 heavy (non-hydrogen) atoms. The molecule has 1 nitrogen and oxygen atoms in total. The predicted octanol–water partition coefficient (Wildman–Crippen LogP) is 1.88. The minimum Gasteiger partial charge on any atom is -0.335 e. The number of likely N-dealkylation sites (tertiary alicyclic amines) is 1. The van der Waals surface area contributed by atoms with E-state index in [2.05, 4.69) is 6.92 Å². The molecule has 2 aliphatic rings. The summed E-state index contributed by atoms with van der Waals surface area (Å²) in [5, 5.41) is 0. The summed E-state index contributed by atoms with van der Waals surface area (Å²) < 4.78 is 0. The van der Waals surface area contributed by atoms with Crippen LogP contribution in [-0.4, -0.2) is 19.6 Å². The molecule has 2 rings (SSSR count). The molecular weight excluding hydrogens is 170 g/mol. The highest BCUT2D eigenvalue weighted by Crippen LogP contribution is 2.27. The Hall–Kier alpha value is -0.0400. The molecule has 1 saturated carbocycles. The lowest BCUT2D eigenvalue weighted by Crippen LogP contribution is -3.13. The Morgan fingerprint density at radius 2 is 1.57 bits per heavy atom. The first-order valence-electron chi connectivity index (χ1n) is 6.68. The molecule has 1 aliphatic carbocycles. The summed E-state index contributed by atoms with van der Waals surface area (Å²) in [7, 11) is 0. The Bertz CT molecular complexity index is 153. The molecule has 0 radical (unpaired) electrons. The van der Waals surface area contributed by atoms with E-state index < -0.39 is 0 Å². The van der Waals surface area contributed by atoms with Gasteiger partial charge in [0.25, 0.3) is 0 Å². The van der Waals surface area contributed by atoms with Gasteiger partial charge in [0.2, 0.25) is 0 Å². The van der Waals surface area contributed by atoms with Gasteiger partial charge < -0.3 is 4.90 Å². The van der Waals surface area contributed by atoms with Crippen molar-refractivity contribution in [2.24, 2.45) is 11.8 Å². The Morgan fingerprint density at radius 3 is 2.21 bits per heavy atom. The molecule has 0 aromatic heterocycles. The molecular formula is C13H26N+. The maximum absolute atomic E-state index is 2.42. The van der Waals surface area contributed by atoms with Crippen LogP contribution in [0.3, 0.4) is 0 Å². The van der Waals surface area contributed by atoms with E-state index >= 15 is 0 Å². The van der Waals surface area contributed by atoms with Crippen molar-refractivity contribution in [3.8, 4) is 0 Å². The zero-order valence-corrected chi connectivity index (χ0v) is 9.73. The van der Waals surface area contributed by atoms with Gasteiger partial charge in [0.05, 0.1) is 19.6 Å². The quantitative estimate of drug-likeness (QED) is 0.688. The lowest BCUT2D eigenvalue weighted by Gasteiger charge is -2.31. The zero-order valence-electron chi connectivity index (χ0n) is 9.73. The van der Waals surface area contributed by atoms with Crippen LogP contribution in [-0.2, 0) is 0 Å². The van der Waals surface area contributed by atoms with E-state index in [1.807, 2.05) is 4.90 Å². The van der Waals surface area contributed by atoms with Gasteiger partial charge in [0.15, 0.2) is 0 Å². The van der Waals surface area contributed by atoms with Crippen LogP contribution in [0, 0.1) is 11.8 Å². The normalized spacial score (nSPS) is 35.8. The van der Waals surface area contributed by atoms with Crippen molar-refractivity contribution in [2.75, 3.05) is 19.6 Å². The van der Waals surface area contributed by atoms with Crippen LogP contribution in [0.1, 0.15) is 51.9 Å². The summed E-state index contributed by atoms with van der Waals surface area (Å²) in [4.78, 5) is 1.91. The average molecular weight is 196 g/mol. The van der Waals surface area contributed by atoms with Gasteiger partial charge in [-0.05, 0) is 38.0 Å². The van der Waals surface area contributed by atoms with Gasteiger partial charge in [0.1, 0.15) is 0 Å². The monoisotopic (exact) mass is 196 g/mol. The second-order valence-corrected chi connectivity index (χ2v) is 5.64. The fourth-order valence-corrected chi connectivity index (χ4v) is 3.20. The van der Waals surface area contributed by atoms with E-state index in [4.69, 9.17) is 0 Å².